The molecule has 0 atom stereocenters. The van der Waals surface area contributed by atoms with Crippen LogP contribution in [0.5, 0.6) is 0 Å². The van der Waals surface area contributed by atoms with Gasteiger partial charge in [-0.2, -0.15) is 11.3 Å². The van der Waals surface area contributed by atoms with Gasteiger partial charge in [0, 0.05) is 5.38 Å². The molecule has 0 spiro atoms. The topological polar surface area (TPSA) is 68.0 Å². The molecule has 1 aromatic carbocycles. The molecular formula is C11H7N3O2S. The fourth-order valence-electron chi connectivity index (χ4n) is 1.62. The molecule has 0 aliphatic carbocycles. The maximum atomic E-state index is 10.9. The highest BCUT2D eigenvalue weighted by molar-refractivity contribution is 7.08. The number of carboxylic acid groups (broad SMARTS) is 1. The van der Waals surface area contributed by atoms with Crippen LogP contribution in [0.2, 0.25) is 0 Å². The first-order valence-electron chi connectivity index (χ1n) is 4.87. The van der Waals surface area contributed by atoms with E-state index in [4.69, 9.17) is 5.11 Å². The number of aromatic nitrogens is 3. The lowest BCUT2D eigenvalue weighted by Gasteiger charge is -1.98. The van der Waals surface area contributed by atoms with Gasteiger partial charge in [-0.3, -0.25) is 0 Å². The van der Waals surface area contributed by atoms with Crippen LogP contribution in [-0.2, 0) is 0 Å². The summed E-state index contributed by atoms with van der Waals surface area (Å²) >= 11 is 1.55. The molecule has 0 unspecified atom stereocenters. The zero-order valence-corrected chi connectivity index (χ0v) is 9.39. The van der Waals surface area contributed by atoms with Crippen molar-refractivity contribution in [2.24, 2.45) is 0 Å². The van der Waals surface area contributed by atoms with E-state index in [1.807, 2.05) is 16.8 Å². The predicted molar refractivity (Wildman–Crippen MR) is 63.7 cm³/mol. The number of rotatable bonds is 2. The first kappa shape index (κ1) is 9.98. The Balaban J connectivity index is 2.26. The Bertz CT molecular complexity index is 688. The summed E-state index contributed by atoms with van der Waals surface area (Å²) in [5, 5.41) is 20.8. The summed E-state index contributed by atoms with van der Waals surface area (Å²) in [5.41, 5.74) is 2.50. The Kier molecular flexibility index (Phi) is 2.15. The summed E-state index contributed by atoms with van der Waals surface area (Å²) in [4.78, 5) is 10.9. The van der Waals surface area contributed by atoms with Crippen LogP contribution in [0, 0.1) is 0 Å². The number of hydrogen-bond donors (Lipinski definition) is 1. The normalized spacial score (nSPS) is 10.8. The van der Waals surface area contributed by atoms with Gasteiger partial charge in [0.15, 0.2) is 0 Å². The van der Waals surface area contributed by atoms with Crippen LogP contribution in [0.3, 0.4) is 0 Å². The lowest BCUT2D eigenvalue weighted by molar-refractivity contribution is 0.0697. The summed E-state index contributed by atoms with van der Waals surface area (Å²) < 4.78 is 1.64. The molecule has 0 aliphatic heterocycles. The number of carboxylic acids is 1. The summed E-state index contributed by atoms with van der Waals surface area (Å²) in [6, 6.07) is 6.67. The van der Waals surface area contributed by atoms with Crippen LogP contribution in [0.1, 0.15) is 10.4 Å². The molecule has 2 heterocycles. The van der Waals surface area contributed by atoms with E-state index in [1.54, 1.807) is 28.2 Å². The maximum Gasteiger partial charge on any atom is 0.335 e. The van der Waals surface area contributed by atoms with Gasteiger partial charge in [0.25, 0.3) is 0 Å². The van der Waals surface area contributed by atoms with Crippen molar-refractivity contribution >= 4 is 28.3 Å². The molecule has 5 nitrogen and oxygen atoms in total. The molecule has 6 heteroatoms. The first-order valence-corrected chi connectivity index (χ1v) is 5.81. The van der Waals surface area contributed by atoms with Crippen molar-refractivity contribution < 1.29 is 9.90 Å². The van der Waals surface area contributed by atoms with Gasteiger partial charge < -0.3 is 5.11 Å². The van der Waals surface area contributed by atoms with E-state index >= 15 is 0 Å². The SMILES string of the molecule is O=C(O)c1ccc2nnn(-c3ccsc3)c2c1. The molecule has 1 N–H and O–H groups in total. The largest absolute Gasteiger partial charge is 0.478 e. The third kappa shape index (κ3) is 1.58. The number of carbonyl (C=O) groups is 1. The molecule has 2 aromatic heterocycles. The molecule has 0 radical (unpaired) electrons. The van der Waals surface area contributed by atoms with E-state index in [0.29, 0.717) is 11.0 Å². The van der Waals surface area contributed by atoms with Gasteiger partial charge in [-0.1, -0.05) is 5.21 Å². The number of nitrogens with zero attached hydrogens (tertiary/aromatic N) is 3. The van der Waals surface area contributed by atoms with Crippen LogP contribution in [-0.4, -0.2) is 26.1 Å². The molecule has 0 fully saturated rings. The predicted octanol–water partition coefficient (Wildman–Crippen LogP) is 2.18. The Morgan fingerprint density at radius 2 is 2.24 bits per heavy atom. The third-order valence-corrected chi connectivity index (χ3v) is 3.11. The number of benzene rings is 1. The van der Waals surface area contributed by atoms with Crippen molar-refractivity contribution in [3.63, 3.8) is 0 Å². The van der Waals surface area contributed by atoms with E-state index in [1.165, 1.54) is 6.07 Å². The molecule has 84 valence electrons. The highest BCUT2D eigenvalue weighted by Gasteiger charge is 2.10. The molecule has 0 aliphatic rings. The van der Waals surface area contributed by atoms with Crippen molar-refractivity contribution in [2.75, 3.05) is 0 Å². The van der Waals surface area contributed by atoms with E-state index in [0.717, 1.165) is 5.69 Å². The molecular weight excluding hydrogens is 238 g/mol. The summed E-state index contributed by atoms with van der Waals surface area (Å²) in [6.07, 6.45) is 0. The van der Waals surface area contributed by atoms with Crippen LogP contribution in [0.25, 0.3) is 16.7 Å². The lowest BCUT2D eigenvalue weighted by atomic mass is 10.2. The monoisotopic (exact) mass is 245 g/mol. The second kappa shape index (κ2) is 3.67. The van der Waals surface area contributed by atoms with Crippen LogP contribution < -0.4 is 0 Å². The van der Waals surface area contributed by atoms with Gasteiger partial charge in [0.1, 0.15) is 5.52 Å². The van der Waals surface area contributed by atoms with Crippen molar-refractivity contribution in [1.29, 1.82) is 0 Å². The van der Waals surface area contributed by atoms with E-state index < -0.39 is 5.97 Å². The molecule has 0 saturated heterocycles. The highest BCUT2D eigenvalue weighted by atomic mass is 32.1. The summed E-state index contributed by atoms with van der Waals surface area (Å²) in [5.74, 6) is -0.954. The molecule has 0 bridgehead atoms. The quantitative estimate of drug-likeness (QED) is 0.751. The van der Waals surface area contributed by atoms with Crippen LogP contribution >= 0.6 is 11.3 Å². The fraction of sp³-hybridized carbons (Fsp3) is 0. The Morgan fingerprint density at radius 3 is 2.94 bits per heavy atom. The second-order valence-corrected chi connectivity index (χ2v) is 4.27. The number of thiophene rings is 1. The van der Waals surface area contributed by atoms with Crippen LogP contribution in [0.4, 0.5) is 0 Å². The Labute approximate surface area is 99.9 Å². The minimum absolute atomic E-state index is 0.233. The van der Waals surface area contributed by atoms with Gasteiger partial charge in [0.2, 0.25) is 0 Å². The standard InChI is InChI=1S/C11H7N3O2S/c15-11(16)7-1-2-9-10(5-7)14(13-12-9)8-3-4-17-6-8/h1-6H,(H,15,16). The molecule has 3 aromatic rings. The van der Waals surface area contributed by atoms with Gasteiger partial charge >= 0.3 is 5.97 Å². The molecule has 17 heavy (non-hydrogen) atoms. The molecule has 0 saturated carbocycles. The van der Waals surface area contributed by atoms with Crippen molar-refractivity contribution in [3.8, 4) is 5.69 Å². The van der Waals surface area contributed by atoms with E-state index in [9.17, 15) is 4.79 Å². The highest BCUT2D eigenvalue weighted by Crippen LogP contribution is 2.19. The second-order valence-electron chi connectivity index (χ2n) is 3.49. The van der Waals surface area contributed by atoms with Crippen molar-refractivity contribution in [3.05, 3.63) is 40.6 Å². The number of hydrogen-bond acceptors (Lipinski definition) is 4. The Morgan fingerprint density at radius 1 is 1.35 bits per heavy atom. The average molecular weight is 245 g/mol. The molecule has 0 amide bonds. The van der Waals surface area contributed by atoms with Crippen LogP contribution in [0.15, 0.2) is 35.0 Å². The summed E-state index contributed by atoms with van der Waals surface area (Å²) in [6.45, 7) is 0. The van der Waals surface area contributed by atoms with E-state index in [-0.39, 0.29) is 5.56 Å². The minimum atomic E-state index is -0.954. The zero-order chi connectivity index (χ0) is 11.8. The maximum absolute atomic E-state index is 10.9. The summed E-state index contributed by atoms with van der Waals surface area (Å²) in [7, 11) is 0. The number of fused-ring (bicyclic) bond motifs is 1. The third-order valence-electron chi connectivity index (χ3n) is 2.44. The minimum Gasteiger partial charge on any atom is -0.478 e. The van der Waals surface area contributed by atoms with Crippen molar-refractivity contribution in [1.82, 2.24) is 15.0 Å². The van der Waals surface area contributed by atoms with Gasteiger partial charge in [-0.25, -0.2) is 9.48 Å². The number of aromatic carboxylic acids is 1. The average Bonchev–Trinajstić information content (AvgIpc) is 2.96. The van der Waals surface area contributed by atoms with Gasteiger partial charge in [-0.15, -0.1) is 5.10 Å². The molecule has 3 rings (SSSR count). The Hall–Kier alpha value is -2.21. The first-order chi connectivity index (χ1) is 8.25. The van der Waals surface area contributed by atoms with Gasteiger partial charge in [-0.05, 0) is 29.6 Å². The lowest BCUT2D eigenvalue weighted by Crippen LogP contribution is -1.98. The van der Waals surface area contributed by atoms with E-state index in [2.05, 4.69) is 10.3 Å². The zero-order valence-electron chi connectivity index (χ0n) is 8.57. The van der Waals surface area contributed by atoms with Crippen molar-refractivity contribution in [2.45, 2.75) is 0 Å². The smallest absolute Gasteiger partial charge is 0.335 e. The van der Waals surface area contributed by atoms with Gasteiger partial charge in [0.05, 0.1) is 16.8 Å². The fourth-order valence-corrected chi connectivity index (χ4v) is 2.23.